The number of hydrogen-bond donors (Lipinski definition) is 4. The predicted molar refractivity (Wildman–Crippen MR) is 230 cm³/mol. The van der Waals surface area contributed by atoms with Gasteiger partial charge in [0.15, 0.2) is 0 Å². The highest BCUT2D eigenvalue weighted by Gasteiger charge is 2.29. The number of nitrogens with zero attached hydrogens (tertiary/aromatic N) is 3. The second kappa shape index (κ2) is 18.9. The van der Waals surface area contributed by atoms with Gasteiger partial charge < -0.3 is 20.1 Å². The molecule has 3 heterocycles. The van der Waals surface area contributed by atoms with Gasteiger partial charge in [0.05, 0.1) is 42.0 Å². The van der Waals surface area contributed by atoms with E-state index in [0.29, 0.717) is 60.0 Å². The smallest absolute Gasteiger partial charge is 0.268 e. The minimum atomic E-state index is -4.47. The fourth-order valence-corrected chi connectivity index (χ4v) is 8.92. The predicted octanol–water partition coefficient (Wildman–Crippen LogP) is 8.81. The molecule has 1 aliphatic carbocycles. The lowest BCUT2D eigenvalue weighted by Gasteiger charge is -2.34. The summed E-state index contributed by atoms with van der Waals surface area (Å²) in [6.45, 7) is 7.40. The molecule has 3 aromatic carbocycles. The van der Waals surface area contributed by atoms with Gasteiger partial charge in [-0.2, -0.15) is 5.10 Å². The number of pyridine rings is 1. The van der Waals surface area contributed by atoms with E-state index in [4.69, 9.17) is 32.7 Å². The quantitative estimate of drug-likeness (QED) is 0.0668. The van der Waals surface area contributed by atoms with Crippen molar-refractivity contribution >= 4 is 61.3 Å². The number of anilines is 1. The molecule has 1 aliphatic heterocycles. The monoisotopic (exact) mass is 881 g/mol. The molecule has 1 saturated heterocycles. The van der Waals surface area contributed by atoms with Gasteiger partial charge in [0.2, 0.25) is 5.88 Å². The molecule has 1 fully saturated rings. The number of aromatic nitrogens is 3. The molecule has 0 saturated carbocycles. The Bertz CT molecular complexity index is 2470. The van der Waals surface area contributed by atoms with Crippen LogP contribution >= 0.6 is 23.2 Å². The third-order valence-electron chi connectivity index (χ3n) is 10.8. The number of halogens is 4. The Morgan fingerprint density at radius 3 is 2.65 bits per heavy atom. The number of alkyl halides is 2. The molecule has 4 N–H and O–H groups in total. The number of carbonyl (C=O) groups excluding carboxylic acids is 1. The molecule has 2 aliphatic rings. The fraction of sp³-hybridized carbons (Fsp3) is 0.372. The summed E-state index contributed by atoms with van der Waals surface area (Å²) < 4.78 is 66.7. The maximum atomic E-state index is 13.7. The van der Waals surface area contributed by atoms with Gasteiger partial charge in [-0.15, -0.1) is 0 Å². The van der Waals surface area contributed by atoms with Gasteiger partial charge in [-0.05, 0) is 91.2 Å². The van der Waals surface area contributed by atoms with Crippen molar-refractivity contribution in [2.24, 2.45) is 11.3 Å². The minimum absolute atomic E-state index is 0.00513. The maximum Gasteiger partial charge on any atom is 0.268 e. The Hall–Kier alpha value is -4.80. The molecule has 12 nitrogen and oxygen atoms in total. The van der Waals surface area contributed by atoms with Crippen LogP contribution in [0.25, 0.3) is 16.5 Å². The Kier molecular flexibility index (Phi) is 13.6. The van der Waals surface area contributed by atoms with E-state index in [-0.39, 0.29) is 51.6 Å². The van der Waals surface area contributed by atoms with Crippen molar-refractivity contribution in [3.63, 3.8) is 0 Å². The average molecular weight is 883 g/mol. The molecule has 0 bridgehead atoms. The highest BCUT2D eigenvalue weighted by Crippen LogP contribution is 2.43. The topological polar surface area (TPSA) is 151 Å². The Morgan fingerprint density at radius 2 is 1.87 bits per heavy atom. The number of hydrogen-bond acceptors (Lipinski definition) is 10. The van der Waals surface area contributed by atoms with Crippen molar-refractivity contribution in [1.29, 1.82) is 0 Å². The normalized spacial score (nSPS) is 17.0. The molecule has 0 radical (unpaired) electrons. The molecule has 1 atom stereocenters. The highest BCUT2D eigenvalue weighted by atomic mass is 35.5. The number of H-pyrrole nitrogens is 1. The first-order chi connectivity index (χ1) is 28.7. The SMILES string of the molecule is CC1(C)CCC(CNCCNc2ccc(C(=O)NS(=O)(=O)c3cnc(OC[C@@H]4CCN(CC(F)F)C4)c(Cl)c3)c(Oc3cccc4[nH]ncc34)c2)=C(c2ccc(Cl)cc2)C1. The zero-order valence-corrected chi connectivity index (χ0v) is 35.6. The lowest BCUT2D eigenvalue weighted by molar-refractivity contribution is 0.0960. The summed E-state index contributed by atoms with van der Waals surface area (Å²) in [7, 11) is -4.47. The van der Waals surface area contributed by atoms with Crippen molar-refractivity contribution in [2.45, 2.75) is 50.9 Å². The number of likely N-dealkylation sites (tertiary alicyclic amines) is 1. The van der Waals surface area contributed by atoms with Gasteiger partial charge in [0, 0.05) is 48.9 Å². The summed E-state index contributed by atoms with van der Waals surface area (Å²) >= 11 is 12.6. The van der Waals surface area contributed by atoms with Crippen LogP contribution in [-0.4, -0.2) is 86.7 Å². The number of nitrogens with one attached hydrogen (secondary N) is 4. The summed E-state index contributed by atoms with van der Waals surface area (Å²) in [4.78, 5) is 19.1. The van der Waals surface area contributed by atoms with E-state index in [9.17, 15) is 22.0 Å². The first-order valence-corrected chi connectivity index (χ1v) is 22.0. The van der Waals surface area contributed by atoms with Gasteiger partial charge in [-0.3, -0.25) is 14.8 Å². The Labute approximate surface area is 358 Å². The molecule has 60 heavy (non-hydrogen) atoms. The van der Waals surface area contributed by atoms with E-state index < -0.39 is 22.4 Å². The third-order valence-corrected chi connectivity index (χ3v) is 12.6. The van der Waals surface area contributed by atoms with Crippen molar-refractivity contribution in [2.75, 3.05) is 51.2 Å². The van der Waals surface area contributed by atoms with Crippen LogP contribution in [0.3, 0.4) is 0 Å². The highest BCUT2D eigenvalue weighted by molar-refractivity contribution is 7.90. The van der Waals surface area contributed by atoms with E-state index in [1.165, 1.54) is 22.8 Å². The van der Waals surface area contributed by atoms with E-state index in [1.807, 2.05) is 18.2 Å². The summed E-state index contributed by atoms with van der Waals surface area (Å²) in [6.07, 6.45) is 4.00. The van der Waals surface area contributed by atoms with Crippen molar-refractivity contribution in [3.8, 4) is 17.4 Å². The molecule has 17 heteroatoms. The summed E-state index contributed by atoms with van der Waals surface area (Å²) in [5.74, 6) is -0.441. The summed E-state index contributed by atoms with van der Waals surface area (Å²) in [5, 5.41) is 15.2. The summed E-state index contributed by atoms with van der Waals surface area (Å²) in [6, 6.07) is 19.3. The van der Waals surface area contributed by atoms with E-state index in [2.05, 4.69) is 56.5 Å². The molecule has 318 valence electrons. The molecule has 2 aromatic heterocycles. The van der Waals surface area contributed by atoms with Crippen LogP contribution in [0.5, 0.6) is 17.4 Å². The van der Waals surface area contributed by atoms with Crippen molar-refractivity contribution in [3.05, 3.63) is 106 Å². The second-order valence-electron chi connectivity index (χ2n) is 15.9. The van der Waals surface area contributed by atoms with Crippen LogP contribution < -0.4 is 24.8 Å². The minimum Gasteiger partial charge on any atom is -0.476 e. The summed E-state index contributed by atoms with van der Waals surface area (Å²) in [5.41, 5.74) is 5.48. The number of ether oxygens (including phenoxy) is 2. The largest absolute Gasteiger partial charge is 0.476 e. The number of carbonyl (C=O) groups is 1. The van der Waals surface area contributed by atoms with Gasteiger partial charge >= 0.3 is 0 Å². The Morgan fingerprint density at radius 1 is 1.05 bits per heavy atom. The first-order valence-electron chi connectivity index (χ1n) is 19.7. The standard InChI is InChI=1S/C43H47Cl2F2N7O5S/c1-43(2)14-12-29(34(20-43)28-6-8-30(44)9-7-28)21-48-15-16-49-31-10-11-33(39(18-31)59-38-5-3-4-37-35(38)23-51-52-37)41(55)53-60(56,57)32-19-36(45)42(50-22-32)58-26-27-13-17-54(24-27)25-40(46)47/h3-11,18-19,22-23,27,40,48-49H,12-17,20-21,24-26H2,1-2H3,(H,51,52)(H,53,55)/t27-/m1/s1. The van der Waals surface area contributed by atoms with Crippen molar-refractivity contribution < 1.29 is 31.5 Å². The van der Waals surface area contributed by atoms with Crippen LogP contribution in [0.4, 0.5) is 14.5 Å². The van der Waals surface area contributed by atoms with E-state index in [1.54, 1.807) is 35.4 Å². The lowest BCUT2D eigenvalue weighted by Crippen LogP contribution is -2.31. The van der Waals surface area contributed by atoms with Crippen LogP contribution in [-0.2, 0) is 10.0 Å². The number of fused-ring (bicyclic) bond motifs is 1. The molecule has 1 amide bonds. The maximum absolute atomic E-state index is 13.7. The number of sulfonamides is 1. The molecular weight excluding hydrogens is 835 g/mol. The fourth-order valence-electron chi connectivity index (χ4n) is 7.58. The van der Waals surface area contributed by atoms with Gasteiger partial charge in [0.1, 0.15) is 21.4 Å². The van der Waals surface area contributed by atoms with Gasteiger partial charge in [0.25, 0.3) is 22.4 Å². The Balaban J connectivity index is 1.02. The number of benzene rings is 3. The molecule has 0 unspecified atom stereocenters. The number of rotatable bonds is 17. The molecule has 0 spiro atoms. The zero-order chi connectivity index (χ0) is 42.4. The number of aromatic amines is 1. The zero-order valence-electron chi connectivity index (χ0n) is 33.2. The second-order valence-corrected chi connectivity index (χ2v) is 18.5. The molecule has 5 aromatic rings. The first kappa shape index (κ1) is 43.3. The molecular formula is C43H47Cl2F2N7O5S. The van der Waals surface area contributed by atoms with Gasteiger partial charge in [-0.25, -0.2) is 26.9 Å². The average Bonchev–Trinajstić information content (AvgIpc) is 3.88. The van der Waals surface area contributed by atoms with Crippen molar-refractivity contribution in [1.82, 2.24) is 30.1 Å². The van der Waals surface area contributed by atoms with E-state index in [0.717, 1.165) is 38.1 Å². The number of amides is 1. The van der Waals surface area contributed by atoms with Crippen LogP contribution in [0, 0.1) is 11.3 Å². The van der Waals surface area contributed by atoms with E-state index >= 15 is 0 Å². The van der Waals surface area contributed by atoms with Crippen LogP contribution in [0.15, 0.2) is 89.6 Å². The number of allylic oxidation sites excluding steroid dienone is 1. The lowest BCUT2D eigenvalue weighted by atomic mass is 9.72. The van der Waals surface area contributed by atoms with Crippen LogP contribution in [0.1, 0.15) is 55.5 Å². The van der Waals surface area contributed by atoms with Gasteiger partial charge in [-0.1, -0.05) is 60.8 Å². The van der Waals surface area contributed by atoms with Crippen LogP contribution in [0.2, 0.25) is 10.0 Å². The third kappa shape index (κ3) is 10.9. The molecule has 7 rings (SSSR count).